The molecule has 0 radical (unpaired) electrons. The molecule has 0 aliphatic carbocycles. The van der Waals surface area contributed by atoms with Gasteiger partial charge in [0, 0.05) is 48.5 Å². The largest absolute Gasteiger partial charge is 0.371 e. The molecule has 2 aliphatic heterocycles. The minimum Gasteiger partial charge on any atom is -0.371 e. The highest BCUT2D eigenvalue weighted by molar-refractivity contribution is 5.86. The molecule has 0 bridgehead atoms. The summed E-state index contributed by atoms with van der Waals surface area (Å²) < 4.78 is 2.02. The molecule has 0 saturated carbocycles. The number of rotatable bonds is 2. The first kappa shape index (κ1) is 15.3. The van der Waals surface area contributed by atoms with Gasteiger partial charge in [0.2, 0.25) is 0 Å². The Hall–Kier alpha value is -2.23. The van der Waals surface area contributed by atoms with Crippen molar-refractivity contribution in [3.05, 3.63) is 48.4 Å². The van der Waals surface area contributed by atoms with E-state index in [0.29, 0.717) is 0 Å². The van der Waals surface area contributed by atoms with E-state index in [2.05, 4.69) is 41.6 Å². The number of nitrogens with zero attached hydrogens (tertiary/aromatic N) is 3. The second-order valence-electron chi connectivity index (χ2n) is 7.10. The first-order valence-electron chi connectivity index (χ1n) is 8.98. The highest BCUT2D eigenvalue weighted by Gasteiger charge is 2.26. The first-order chi connectivity index (χ1) is 11.6. The van der Waals surface area contributed by atoms with Crippen LogP contribution in [0.25, 0.3) is 10.9 Å². The number of allylic oxidation sites excluding steroid dienone is 2. The van der Waals surface area contributed by atoms with Gasteiger partial charge in [-0.15, -0.1) is 0 Å². The lowest BCUT2D eigenvalue weighted by molar-refractivity contribution is 0.574. The molecule has 1 aromatic carbocycles. The molecule has 4 rings (SSSR count). The van der Waals surface area contributed by atoms with E-state index in [9.17, 15) is 0 Å². The van der Waals surface area contributed by atoms with Gasteiger partial charge >= 0.3 is 0 Å². The summed E-state index contributed by atoms with van der Waals surface area (Å²) in [7, 11) is 2.05. The third-order valence-corrected chi connectivity index (χ3v) is 5.41. The Kier molecular flexibility index (Phi) is 3.83. The SMILES string of the molecule is C=C1CCC(c2nn(C)c3cc(N4CCCCC4)ccc23)C(=C)N1. The quantitative estimate of drug-likeness (QED) is 0.905. The highest BCUT2D eigenvalue weighted by Crippen LogP contribution is 2.36. The molecule has 3 heterocycles. The average Bonchev–Trinajstić information content (AvgIpc) is 2.92. The number of hydrogen-bond acceptors (Lipinski definition) is 3. The van der Waals surface area contributed by atoms with Gasteiger partial charge in [-0.05, 0) is 50.3 Å². The molecule has 1 aromatic heterocycles. The second kappa shape index (κ2) is 6.00. The van der Waals surface area contributed by atoms with Crippen molar-refractivity contribution in [2.45, 2.75) is 38.0 Å². The van der Waals surface area contributed by atoms with Crippen molar-refractivity contribution in [1.82, 2.24) is 15.1 Å². The summed E-state index contributed by atoms with van der Waals surface area (Å²) >= 11 is 0. The molecule has 1 N–H and O–H groups in total. The van der Waals surface area contributed by atoms with E-state index < -0.39 is 0 Å². The Balaban J connectivity index is 1.71. The van der Waals surface area contributed by atoms with Crippen LogP contribution in [0.4, 0.5) is 5.69 Å². The van der Waals surface area contributed by atoms with Gasteiger partial charge < -0.3 is 10.2 Å². The zero-order valence-corrected chi connectivity index (χ0v) is 14.5. The smallest absolute Gasteiger partial charge is 0.0792 e. The number of nitrogens with one attached hydrogen (secondary N) is 1. The summed E-state index contributed by atoms with van der Waals surface area (Å²) in [6.07, 6.45) is 5.97. The maximum atomic E-state index is 4.84. The van der Waals surface area contributed by atoms with Gasteiger partial charge in [-0.1, -0.05) is 13.2 Å². The van der Waals surface area contributed by atoms with Crippen LogP contribution in [-0.4, -0.2) is 22.9 Å². The zero-order chi connectivity index (χ0) is 16.7. The van der Waals surface area contributed by atoms with Crippen LogP contribution in [0, 0.1) is 0 Å². The molecular weight excluding hydrogens is 296 g/mol. The summed E-state index contributed by atoms with van der Waals surface area (Å²) in [6, 6.07) is 6.81. The number of anilines is 1. The van der Waals surface area contributed by atoms with E-state index in [0.717, 1.165) is 29.9 Å². The number of benzene rings is 1. The minimum atomic E-state index is 0.264. The Bertz CT molecular complexity index is 795. The Labute approximate surface area is 143 Å². The lowest BCUT2D eigenvalue weighted by Gasteiger charge is -2.29. The third-order valence-electron chi connectivity index (χ3n) is 5.41. The standard InChI is InChI=1S/C20H26N4/c1-14-7-9-17(15(2)21-14)20-18-10-8-16(13-19(18)23(3)22-20)24-11-5-4-6-12-24/h8,10,13,17,21H,1-2,4-7,9,11-12H2,3H3. The summed E-state index contributed by atoms with van der Waals surface area (Å²) in [5, 5.41) is 9.41. The number of piperidine rings is 2. The van der Waals surface area contributed by atoms with Crippen LogP contribution in [-0.2, 0) is 7.05 Å². The summed E-state index contributed by atoms with van der Waals surface area (Å²) in [5.74, 6) is 0.264. The molecular formula is C20H26N4. The Morgan fingerprint density at radius 1 is 1.17 bits per heavy atom. The molecule has 0 spiro atoms. The zero-order valence-electron chi connectivity index (χ0n) is 14.5. The number of hydrogen-bond donors (Lipinski definition) is 1. The van der Waals surface area contributed by atoms with Crippen molar-refractivity contribution >= 4 is 16.6 Å². The Morgan fingerprint density at radius 3 is 2.71 bits per heavy atom. The molecule has 4 nitrogen and oxygen atoms in total. The maximum absolute atomic E-state index is 4.84. The van der Waals surface area contributed by atoms with Crippen molar-refractivity contribution < 1.29 is 0 Å². The normalized spacial score (nSPS) is 22.0. The van der Waals surface area contributed by atoms with Gasteiger partial charge in [-0.25, -0.2) is 0 Å². The second-order valence-corrected chi connectivity index (χ2v) is 7.10. The van der Waals surface area contributed by atoms with Crippen LogP contribution in [0.5, 0.6) is 0 Å². The first-order valence-corrected chi connectivity index (χ1v) is 8.98. The van der Waals surface area contributed by atoms with Gasteiger partial charge in [0.1, 0.15) is 0 Å². The number of fused-ring (bicyclic) bond motifs is 1. The van der Waals surface area contributed by atoms with Crippen molar-refractivity contribution in [1.29, 1.82) is 0 Å². The molecule has 4 heteroatoms. The maximum Gasteiger partial charge on any atom is 0.0792 e. The summed E-state index contributed by atoms with van der Waals surface area (Å²) in [4.78, 5) is 2.50. The van der Waals surface area contributed by atoms with Crippen molar-refractivity contribution in [2.24, 2.45) is 7.05 Å². The fraction of sp³-hybridized carbons (Fsp3) is 0.450. The molecule has 2 aromatic rings. The minimum absolute atomic E-state index is 0.264. The molecule has 24 heavy (non-hydrogen) atoms. The van der Waals surface area contributed by atoms with Crippen molar-refractivity contribution in [3.8, 4) is 0 Å². The van der Waals surface area contributed by atoms with E-state index in [4.69, 9.17) is 5.10 Å². The van der Waals surface area contributed by atoms with Crippen molar-refractivity contribution in [3.63, 3.8) is 0 Å². The van der Waals surface area contributed by atoms with Crippen LogP contribution in [0.15, 0.2) is 42.8 Å². The van der Waals surface area contributed by atoms with Crippen LogP contribution in [0.1, 0.15) is 43.7 Å². The van der Waals surface area contributed by atoms with E-state index in [-0.39, 0.29) is 5.92 Å². The number of aromatic nitrogens is 2. The molecule has 0 amide bonds. The molecule has 2 fully saturated rings. The summed E-state index contributed by atoms with van der Waals surface area (Å²) in [5.41, 5.74) is 5.76. The predicted octanol–water partition coefficient (Wildman–Crippen LogP) is 4.06. The molecule has 1 unspecified atom stereocenters. The average molecular weight is 322 g/mol. The fourth-order valence-corrected chi connectivity index (χ4v) is 4.05. The van der Waals surface area contributed by atoms with Gasteiger partial charge in [0.05, 0.1) is 11.2 Å². The summed E-state index contributed by atoms with van der Waals surface area (Å²) in [6.45, 7) is 10.6. The van der Waals surface area contributed by atoms with Gasteiger partial charge in [-0.3, -0.25) is 4.68 Å². The molecule has 2 aliphatic rings. The monoisotopic (exact) mass is 322 g/mol. The van der Waals surface area contributed by atoms with E-state index >= 15 is 0 Å². The van der Waals surface area contributed by atoms with Crippen LogP contribution < -0.4 is 10.2 Å². The lowest BCUT2D eigenvalue weighted by atomic mass is 9.90. The van der Waals surface area contributed by atoms with Gasteiger partial charge in [0.25, 0.3) is 0 Å². The Morgan fingerprint density at radius 2 is 1.96 bits per heavy atom. The fourth-order valence-electron chi connectivity index (χ4n) is 4.05. The number of aryl methyl sites for hydroxylation is 1. The van der Waals surface area contributed by atoms with Gasteiger partial charge in [-0.2, -0.15) is 5.10 Å². The van der Waals surface area contributed by atoms with E-state index in [1.54, 1.807) is 0 Å². The highest BCUT2D eigenvalue weighted by atomic mass is 15.3. The van der Waals surface area contributed by atoms with E-state index in [1.807, 2.05) is 11.7 Å². The van der Waals surface area contributed by atoms with Gasteiger partial charge in [0.15, 0.2) is 0 Å². The molecule has 126 valence electrons. The third kappa shape index (κ3) is 2.60. The van der Waals surface area contributed by atoms with Crippen LogP contribution >= 0.6 is 0 Å². The lowest BCUT2D eigenvalue weighted by Crippen LogP contribution is -2.29. The van der Waals surface area contributed by atoms with Crippen molar-refractivity contribution in [2.75, 3.05) is 18.0 Å². The molecule has 1 atom stereocenters. The predicted molar refractivity (Wildman–Crippen MR) is 100 cm³/mol. The van der Waals surface area contributed by atoms with E-state index in [1.165, 1.54) is 48.9 Å². The van der Waals surface area contributed by atoms with Crippen LogP contribution in [0.3, 0.4) is 0 Å². The molecule has 2 saturated heterocycles. The van der Waals surface area contributed by atoms with Crippen LogP contribution in [0.2, 0.25) is 0 Å². The topological polar surface area (TPSA) is 33.1 Å².